The summed E-state index contributed by atoms with van der Waals surface area (Å²) >= 11 is 0. The van der Waals surface area contributed by atoms with Crippen molar-refractivity contribution in [2.45, 2.75) is 4.90 Å². The third-order valence-electron chi connectivity index (χ3n) is 3.39. The highest BCUT2D eigenvalue weighted by molar-refractivity contribution is 7.89. The molecule has 0 radical (unpaired) electrons. The van der Waals surface area contributed by atoms with Gasteiger partial charge in [-0.25, -0.2) is 12.8 Å². The molecule has 2 rings (SSSR count). The van der Waals surface area contributed by atoms with Gasteiger partial charge in [0.1, 0.15) is 5.82 Å². The zero-order valence-electron chi connectivity index (χ0n) is 11.5. The van der Waals surface area contributed by atoms with Gasteiger partial charge in [0.2, 0.25) is 10.0 Å². The average molecular weight is 302 g/mol. The summed E-state index contributed by atoms with van der Waals surface area (Å²) in [5.74, 6) is -0.437. The summed E-state index contributed by atoms with van der Waals surface area (Å²) in [5, 5.41) is 0. The minimum absolute atomic E-state index is 0.143. The topological polar surface area (TPSA) is 49.9 Å². The lowest BCUT2D eigenvalue weighted by molar-refractivity contribution is 0.123. The van der Waals surface area contributed by atoms with Gasteiger partial charge in [0.15, 0.2) is 0 Å². The quantitative estimate of drug-likeness (QED) is 0.806. The fourth-order valence-corrected chi connectivity index (χ4v) is 3.59. The van der Waals surface area contributed by atoms with Gasteiger partial charge in [-0.15, -0.1) is 0 Å². The molecule has 1 aromatic rings. The van der Waals surface area contributed by atoms with Gasteiger partial charge in [0.05, 0.1) is 11.5 Å². The van der Waals surface area contributed by atoms with Gasteiger partial charge < -0.3 is 4.74 Å². The second-order valence-corrected chi connectivity index (χ2v) is 6.63. The van der Waals surface area contributed by atoms with Gasteiger partial charge in [-0.2, -0.15) is 4.31 Å². The summed E-state index contributed by atoms with van der Waals surface area (Å²) in [4.78, 5) is 2.31. The molecule has 0 unspecified atom stereocenters. The van der Waals surface area contributed by atoms with Crippen LogP contribution >= 0.6 is 0 Å². The Labute approximate surface area is 119 Å². The molecule has 0 amide bonds. The molecule has 1 heterocycles. The predicted molar refractivity (Wildman–Crippen MR) is 73.5 cm³/mol. The lowest BCUT2D eigenvalue weighted by Gasteiger charge is -2.33. The third kappa shape index (κ3) is 3.54. The van der Waals surface area contributed by atoms with E-state index in [1.165, 1.54) is 28.6 Å². The number of ether oxygens (including phenoxy) is 1. The molecule has 5 nitrogen and oxygen atoms in total. The number of benzene rings is 1. The number of rotatable bonds is 5. The van der Waals surface area contributed by atoms with Crippen LogP contribution in [-0.2, 0) is 14.8 Å². The highest BCUT2D eigenvalue weighted by atomic mass is 32.2. The van der Waals surface area contributed by atoms with E-state index in [1.807, 2.05) is 0 Å². The molecule has 0 bridgehead atoms. The van der Waals surface area contributed by atoms with E-state index in [1.54, 1.807) is 7.11 Å². The monoisotopic (exact) mass is 302 g/mol. The third-order valence-corrected chi connectivity index (χ3v) is 5.31. The van der Waals surface area contributed by atoms with Gasteiger partial charge in [0.25, 0.3) is 0 Å². The van der Waals surface area contributed by atoms with E-state index in [2.05, 4.69) is 4.90 Å². The minimum Gasteiger partial charge on any atom is -0.383 e. The predicted octanol–water partition coefficient (Wildman–Crippen LogP) is 0.778. The van der Waals surface area contributed by atoms with E-state index < -0.39 is 15.8 Å². The lowest BCUT2D eigenvalue weighted by Crippen LogP contribution is -2.49. The molecule has 0 N–H and O–H groups in total. The summed E-state index contributed by atoms with van der Waals surface area (Å²) in [6, 6.07) is 4.95. The standard InChI is InChI=1S/C13H19FN2O3S/c1-19-11-10-15-6-8-16(9-7-15)20(17,18)13-4-2-12(14)3-5-13/h2-5H,6-11H2,1H3. The van der Waals surface area contributed by atoms with Gasteiger partial charge >= 0.3 is 0 Å². The smallest absolute Gasteiger partial charge is 0.243 e. The van der Waals surface area contributed by atoms with Crippen LogP contribution in [0.1, 0.15) is 0 Å². The molecule has 1 aliphatic rings. The molecule has 1 aliphatic heterocycles. The van der Waals surface area contributed by atoms with Crippen LogP contribution in [0.4, 0.5) is 4.39 Å². The number of halogens is 1. The van der Waals surface area contributed by atoms with E-state index >= 15 is 0 Å². The number of nitrogens with zero attached hydrogens (tertiary/aromatic N) is 2. The number of piperazine rings is 1. The Bertz CT molecular complexity index is 525. The number of methoxy groups -OCH3 is 1. The first-order chi connectivity index (χ1) is 9.54. The van der Waals surface area contributed by atoms with Crippen molar-refractivity contribution in [3.63, 3.8) is 0 Å². The number of sulfonamides is 1. The van der Waals surface area contributed by atoms with Crippen LogP contribution in [0, 0.1) is 5.82 Å². The summed E-state index contributed by atoms with van der Waals surface area (Å²) in [5.41, 5.74) is 0. The van der Waals surface area contributed by atoms with Crippen molar-refractivity contribution in [2.75, 3.05) is 46.4 Å². The maximum Gasteiger partial charge on any atom is 0.243 e. The Morgan fingerprint density at radius 2 is 1.75 bits per heavy atom. The summed E-state index contributed by atoms with van der Waals surface area (Å²) in [6.07, 6.45) is 0. The molecule has 0 spiro atoms. The van der Waals surface area contributed by atoms with Gasteiger partial charge in [0, 0.05) is 39.8 Å². The first kappa shape index (κ1) is 15.4. The zero-order valence-corrected chi connectivity index (χ0v) is 12.3. The highest BCUT2D eigenvalue weighted by Crippen LogP contribution is 2.17. The molecule has 0 saturated carbocycles. The van der Waals surface area contributed by atoms with Crippen LogP contribution in [-0.4, -0.2) is 64.1 Å². The molecule has 112 valence electrons. The minimum atomic E-state index is -3.51. The van der Waals surface area contributed by atoms with Crippen molar-refractivity contribution < 1.29 is 17.5 Å². The van der Waals surface area contributed by atoms with E-state index in [0.717, 1.165) is 6.54 Å². The van der Waals surface area contributed by atoms with E-state index in [9.17, 15) is 12.8 Å². The van der Waals surface area contributed by atoms with Crippen molar-refractivity contribution in [1.82, 2.24) is 9.21 Å². The first-order valence-corrected chi connectivity index (χ1v) is 7.95. The average Bonchev–Trinajstić information content (AvgIpc) is 2.46. The van der Waals surface area contributed by atoms with Crippen LogP contribution in [0.15, 0.2) is 29.2 Å². The van der Waals surface area contributed by atoms with Crippen LogP contribution in [0.5, 0.6) is 0 Å². The maximum atomic E-state index is 12.9. The molecular formula is C13H19FN2O3S. The Hall–Kier alpha value is -1.02. The van der Waals surface area contributed by atoms with Crippen molar-refractivity contribution in [3.05, 3.63) is 30.1 Å². The molecule has 20 heavy (non-hydrogen) atoms. The van der Waals surface area contributed by atoms with Gasteiger partial charge in [-0.1, -0.05) is 0 Å². The Kier molecular flexibility index (Phi) is 5.09. The Morgan fingerprint density at radius 3 is 2.30 bits per heavy atom. The molecule has 1 saturated heterocycles. The summed E-state index contributed by atoms with van der Waals surface area (Å²) < 4.78 is 44.1. The number of hydrogen-bond acceptors (Lipinski definition) is 4. The largest absolute Gasteiger partial charge is 0.383 e. The fraction of sp³-hybridized carbons (Fsp3) is 0.538. The van der Waals surface area contributed by atoms with Crippen molar-refractivity contribution in [1.29, 1.82) is 0 Å². The highest BCUT2D eigenvalue weighted by Gasteiger charge is 2.28. The van der Waals surface area contributed by atoms with Gasteiger partial charge in [-0.3, -0.25) is 4.90 Å². The molecular weight excluding hydrogens is 283 g/mol. The Balaban J connectivity index is 2.00. The molecule has 0 aromatic heterocycles. The van der Waals surface area contributed by atoms with Crippen LogP contribution in [0.25, 0.3) is 0 Å². The molecule has 7 heteroatoms. The second-order valence-electron chi connectivity index (χ2n) is 4.69. The first-order valence-electron chi connectivity index (χ1n) is 6.51. The molecule has 0 atom stereocenters. The van der Waals surface area contributed by atoms with Crippen LogP contribution in [0.2, 0.25) is 0 Å². The normalized spacial score (nSPS) is 18.3. The fourth-order valence-electron chi connectivity index (χ4n) is 2.17. The second kappa shape index (κ2) is 6.62. The van der Waals surface area contributed by atoms with Crippen LogP contribution < -0.4 is 0 Å². The zero-order chi connectivity index (χ0) is 14.6. The molecule has 0 aliphatic carbocycles. The number of hydrogen-bond donors (Lipinski definition) is 0. The van der Waals surface area contributed by atoms with Crippen molar-refractivity contribution in [2.24, 2.45) is 0 Å². The maximum absolute atomic E-state index is 12.9. The van der Waals surface area contributed by atoms with Crippen molar-refractivity contribution >= 4 is 10.0 Å². The van der Waals surface area contributed by atoms with E-state index in [4.69, 9.17) is 4.74 Å². The molecule has 1 aromatic carbocycles. The summed E-state index contributed by atoms with van der Waals surface area (Å²) in [6.45, 7) is 3.71. The Morgan fingerprint density at radius 1 is 1.15 bits per heavy atom. The van der Waals surface area contributed by atoms with E-state index in [0.29, 0.717) is 32.8 Å². The van der Waals surface area contributed by atoms with Crippen molar-refractivity contribution in [3.8, 4) is 0 Å². The molecule has 1 fully saturated rings. The van der Waals surface area contributed by atoms with E-state index in [-0.39, 0.29) is 4.90 Å². The summed E-state index contributed by atoms with van der Waals surface area (Å²) in [7, 11) is -1.87. The SMILES string of the molecule is COCCN1CCN(S(=O)(=O)c2ccc(F)cc2)CC1. The van der Waals surface area contributed by atoms with Gasteiger partial charge in [-0.05, 0) is 24.3 Å². The lowest BCUT2D eigenvalue weighted by atomic mass is 10.3. The van der Waals surface area contributed by atoms with Crippen LogP contribution in [0.3, 0.4) is 0 Å².